The molecular formula is C21H18ClFN2O4S. The van der Waals surface area contributed by atoms with Crippen molar-refractivity contribution in [2.45, 2.75) is 4.90 Å². The molecule has 0 radical (unpaired) electrons. The van der Waals surface area contributed by atoms with Crippen LogP contribution >= 0.6 is 11.6 Å². The Hall–Kier alpha value is -3.10. The molecule has 0 fully saturated rings. The first-order valence-electron chi connectivity index (χ1n) is 8.72. The number of ether oxygens (including phenoxy) is 1. The molecule has 9 heteroatoms. The van der Waals surface area contributed by atoms with Crippen molar-refractivity contribution in [3.8, 4) is 5.75 Å². The molecule has 0 aliphatic heterocycles. The molecule has 0 aliphatic carbocycles. The Labute approximate surface area is 178 Å². The van der Waals surface area contributed by atoms with Crippen LogP contribution in [0.25, 0.3) is 0 Å². The number of carbonyl (C=O) groups excluding carboxylic acids is 1. The highest BCUT2D eigenvalue weighted by atomic mass is 35.5. The zero-order valence-corrected chi connectivity index (χ0v) is 17.7. The minimum absolute atomic E-state index is 0.0504. The summed E-state index contributed by atoms with van der Waals surface area (Å²) in [6.07, 6.45) is 0. The lowest BCUT2D eigenvalue weighted by Gasteiger charge is -2.20. The van der Waals surface area contributed by atoms with Crippen LogP contribution in [0, 0.1) is 5.82 Å². The van der Waals surface area contributed by atoms with Crippen LogP contribution in [0.2, 0.25) is 5.02 Å². The first-order chi connectivity index (χ1) is 14.2. The van der Waals surface area contributed by atoms with Gasteiger partial charge < -0.3 is 10.1 Å². The molecule has 1 amide bonds. The van der Waals surface area contributed by atoms with Crippen molar-refractivity contribution in [2.24, 2.45) is 0 Å². The van der Waals surface area contributed by atoms with Gasteiger partial charge in [-0.25, -0.2) is 12.8 Å². The van der Waals surface area contributed by atoms with Gasteiger partial charge >= 0.3 is 0 Å². The number of nitrogens with one attached hydrogen (secondary N) is 1. The molecule has 0 aromatic heterocycles. The molecule has 6 nitrogen and oxygen atoms in total. The van der Waals surface area contributed by atoms with Gasteiger partial charge in [-0.2, -0.15) is 0 Å². The molecule has 0 saturated heterocycles. The number of benzene rings is 3. The summed E-state index contributed by atoms with van der Waals surface area (Å²) in [5.74, 6) is -0.560. The fraction of sp³-hybridized carbons (Fsp3) is 0.0952. The van der Waals surface area contributed by atoms with Crippen LogP contribution < -0.4 is 14.4 Å². The number of halogens is 2. The largest absolute Gasteiger partial charge is 0.497 e. The first kappa shape index (κ1) is 21.6. The van der Waals surface area contributed by atoms with E-state index in [4.69, 9.17) is 16.3 Å². The summed E-state index contributed by atoms with van der Waals surface area (Å²) in [4.78, 5) is 12.5. The molecule has 30 heavy (non-hydrogen) atoms. The topological polar surface area (TPSA) is 75.7 Å². The fourth-order valence-corrected chi connectivity index (χ4v) is 4.09. The molecule has 0 heterocycles. The van der Waals surface area contributed by atoms with Gasteiger partial charge in [0.15, 0.2) is 0 Å². The van der Waals surface area contributed by atoms with E-state index in [1.807, 2.05) is 0 Å². The summed E-state index contributed by atoms with van der Waals surface area (Å²) in [5.41, 5.74) is 0.848. The molecule has 0 spiro atoms. The lowest BCUT2D eigenvalue weighted by atomic mass is 10.2. The average Bonchev–Trinajstić information content (AvgIpc) is 2.76. The standard InChI is InChI=1S/C21H18ClFN2O4S/c1-25(16-7-9-17(29-2)10-8-16)30(27,28)18-5-3-4-14(12-18)21(26)24-15-6-11-20(23)19(22)13-15/h3-13H,1-2H3,(H,24,26). The third kappa shape index (κ3) is 4.55. The van der Waals surface area contributed by atoms with Crippen LogP contribution in [-0.4, -0.2) is 28.5 Å². The second-order valence-electron chi connectivity index (χ2n) is 6.28. The molecule has 3 aromatic carbocycles. The quantitative estimate of drug-likeness (QED) is 0.599. The smallest absolute Gasteiger partial charge is 0.264 e. The number of nitrogens with zero attached hydrogens (tertiary/aromatic N) is 1. The first-order valence-corrected chi connectivity index (χ1v) is 10.5. The van der Waals surface area contributed by atoms with E-state index in [0.717, 1.165) is 10.4 Å². The van der Waals surface area contributed by atoms with E-state index >= 15 is 0 Å². The van der Waals surface area contributed by atoms with Gasteiger partial charge in [0.2, 0.25) is 0 Å². The second kappa shape index (κ2) is 8.73. The zero-order chi connectivity index (χ0) is 21.9. The number of methoxy groups -OCH3 is 1. The number of sulfonamides is 1. The van der Waals surface area contributed by atoms with E-state index < -0.39 is 21.7 Å². The van der Waals surface area contributed by atoms with Crippen molar-refractivity contribution in [2.75, 3.05) is 23.8 Å². The van der Waals surface area contributed by atoms with Crippen LogP contribution in [0.5, 0.6) is 5.75 Å². The number of carbonyl (C=O) groups is 1. The summed E-state index contributed by atoms with van der Waals surface area (Å²) in [6, 6.07) is 15.9. The highest BCUT2D eigenvalue weighted by molar-refractivity contribution is 7.92. The van der Waals surface area contributed by atoms with E-state index in [9.17, 15) is 17.6 Å². The Morgan fingerprint density at radius 2 is 1.77 bits per heavy atom. The summed E-state index contributed by atoms with van der Waals surface area (Å²) in [5, 5.41) is 2.43. The molecule has 3 rings (SSSR count). The van der Waals surface area contributed by atoms with E-state index in [-0.39, 0.29) is 21.2 Å². The van der Waals surface area contributed by atoms with Crippen LogP contribution in [0.1, 0.15) is 10.4 Å². The number of amides is 1. The molecule has 0 saturated carbocycles. The lowest BCUT2D eigenvalue weighted by Crippen LogP contribution is -2.26. The molecule has 0 bridgehead atoms. The van der Waals surface area contributed by atoms with E-state index in [1.54, 1.807) is 24.3 Å². The molecule has 0 aliphatic rings. The minimum atomic E-state index is -3.91. The van der Waals surface area contributed by atoms with Gasteiger partial charge in [-0.15, -0.1) is 0 Å². The van der Waals surface area contributed by atoms with Crippen LogP contribution in [0.15, 0.2) is 71.6 Å². The predicted octanol–water partition coefficient (Wildman–Crippen LogP) is 4.57. The van der Waals surface area contributed by atoms with E-state index in [1.165, 1.54) is 50.6 Å². The van der Waals surface area contributed by atoms with Gasteiger partial charge in [-0.3, -0.25) is 9.10 Å². The summed E-state index contributed by atoms with van der Waals surface area (Å²) >= 11 is 5.72. The number of rotatable bonds is 6. The second-order valence-corrected chi connectivity index (χ2v) is 8.66. The number of hydrogen-bond acceptors (Lipinski definition) is 4. The molecule has 1 N–H and O–H groups in total. The maximum absolute atomic E-state index is 13.3. The van der Waals surface area contributed by atoms with Crippen molar-refractivity contribution in [1.82, 2.24) is 0 Å². The Bertz CT molecular complexity index is 1180. The van der Waals surface area contributed by atoms with Crippen LogP contribution in [-0.2, 0) is 10.0 Å². The SMILES string of the molecule is COc1ccc(N(C)S(=O)(=O)c2cccc(C(=O)Nc3ccc(F)c(Cl)c3)c2)cc1. The molecule has 156 valence electrons. The molecular weight excluding hydrogens is 431 g/mol. The van der Waals surface area contributed by atoms with Gasteiger partial charge in [0.25, 0.3) is 15.9 Å². The van der Waals surface area contributed by atoms with Gasteiger partial charge in [0, 0.05) is 18.3 Å². The normalized spacial score (nSPS) is 11.1. The van der Waals surface area contributed by atoms with Crippen molar-refractivity contribution in [3.63, 3.8) is 0 Å². The van der Waals surface area contributed by atoms with Crippen molar-refractivity contribution >= 4 is 38.9 Å². The van der Waals surface area contributed by atoms with Crippen molar-refractivity contribution < 1.29 is 22.3 Å². The summed E-state index contributed by atoms with van der Waals surface area (Å²) < 4.78 is 45.5. The molecule has 0 atom stereocenters. The highest BCUT2D eigenvalue weighted by Crippen LogP contribution is 2.25. The van der Waals surface area contributed by atoms with Gasteiger partial charge in [0.05, 0.1) is 22.7 Å². The number of anilines is 2. The fourth-order valence-electron chi connectivity index (χ4n) is 2.66. The maximum atomic E-state index is 13.3. The third-order valence-electron chi connectivity index (χ3n) is 4.37. The molecule has 3 aromatic rings. The summed E-state index contributed by atoms with van der Waals surface area (Å²) in [7, 11) is -0.970. The monoisotopic (exact) mass is 448 g/mol. The Morgan fingerprint density at radius 1 is 1.07 bits per heavy atom. The Balaban J connectivity index is 1.85. The van der Waals surface area contributed by atoms with Gasteiger partial charge in [-0.05, 0) is 60.7 Å². The van der Waals surface area contributed by atoms with Gasteiger partial charge in [-0.1, -0.05) is 17.7 Å². The lowest BCUT2D eigenvalue weighted by molar-refractivity contribution is 0.102. The Morgan fingerprint density at radius 3 is 2.40 bits per heavy atom. The van der Waals surface area contributed by atoms with Crippen molar-refractivity contribution in [1.29, 1.82) is 0 Å². The van der Waals surface area contributed by atoms with Crippen LogP contribution in [0.3, 0.4) is 0 Å². The van der Waals surface area contributed by atoms with E-state index in [0.29, 0.717) is 11.4 Å². The predicted molar refractivity (Wildman–Crippen MR) is 114 cm³/mol. The van der Waals surface area contributed by atoms with E-state index in [2.05, 4.69) is 5.32 Å². The third-order valence-corrected chi connectivity index (χ3v) is 6.44. The summed E-state index contributed by atoms with van der Waals surface area (Å²) in [6.45, 7) is 0. The zero-order valence-electron chi connectivity index (χ0n) is 16.1. The Kier molecular flexibility index (Phi) is 6.28. The average molecular weight is 449 g/mol. The molecule has 0 unspecified atom stereocenters. The van der Waals surface area contributed by atoms with Crippen LogP contribution in [0.4, 0.5) is 15.8 Å². The van der Waals surface area contributed by atoms with Gasteiger partial charge in [0.1, 0.15) is 11.6 Å². The highest BCUT2D eigenvalue weighted by Gasteiger charge is 2.22. The maximum Gasteiger partial charge on any atom is 0.264 e. The minimum Gasteiger partial charge on any atom is -0.497 e. The van der Waals surface area contributed by atoms with Crippen molar-refractivity contribution in [3.05, 3.63) is 83.1 Å². The number of hydrogen-bond donors (Lipinski definition) is 1.